The number of nitrogens with zero attached hydrogens (tertiary/aromatic N) is 4. The van der Waals surface area contributed by atoms with Gasteiger partial charge in [0, 0.05) is 23.2 Å². The fraction of sp³-hybridized carbons (Fsp3) is 0.100. The van der Waals surface area contributed by atoms with E-state index in [9.17, 15) is 9.18 Å². The molecular formula is C20H14ClFN4OS. The maximum Gasteiger partial charge on any atom is 0.282 e. The maximum absolute atomic E-state index is 14.0. The largest absolute Gasteiger partial charge is 0.282 e. The van der Waals surface area contributed by atoms with E-state index in [1.54, 1.807) is 24.3 Å². The Kier molecular flexibility index (Phi) is 5.36. The molecule has 4 aromatic rings. The van der Waals surface area contributed by atoms with E-state index in [1.165, 1.54) is 34.8 Å². The van der Waals surface area contributed by atoms with Gasteiger partial charge in [-0.3, -0.25) is 9.36 Å². The number of aromatic nitrogens is 4. The summed E-state index contributed by atoms with van der Waals surface area (Å²) in [4.78, 5) is 25.8. The Morgan fingerprint density at radius 1 is 1.00 bits per heavy atom. The molecule has 0 bridgehead atoms. The van der Waals surface area contributed by atoms with Crippen LogP contribution >= 0.6 is 23.4 Å². The van der Waals surface area contributed by atoms with E-state index in [0.717, 1.165) is 5.56 Å². The minimum atomic E-state index is -0.311. The van der Waals surface area contributed by atoms with E-state index in [2.05, 4.69) is 15.0 Å². The van der Waals surface area contributed by atoms with Gasteiger partial charge in [-0.15, -0.1) is 0 Å². The standard InChI is InChI=1S/C20H14ClFN4OS/c21-15-7-3-1-5-13(15)11-26-19(27)17-18(24-10-9-23-17)25-20(26)28-12-14-6-2-4-8-16(14)22/h1-10H,11-12H2. The van der Waals surface area contributed by atoms with Crippen LogP contribution in [0.5, 0.6) is 0 Å². The van der Waals surface area contributed by atoms with Crippen molar-refractivity contribution in [3.05, 3.63) is 93.2 Å². The first-order chi connectivity index (χ1) is 13.6. The molecule has 0 spiro atoms. The zero-order chi connectivity index (χ0) is 19.5. The summed E-state index contributed by atoms with van der Waals surface area (Å²) in [5.41, 5.74) is 1.45. The average molecular weight is 413 g/mol. The van der Waals surface area contributed by atoms with E-state index in [1.807, 2.05) is 18.2 Å². The van der Waals surface area contributed by atoms with Crippen molar-refractivity contribution in [1.29, 1.82) is 0 Å². The van der Waals surface area contributed by atoms with Crippen molar-refractivity contribution < 1.29 is 4.39 Å². The van der Waals surface area contributed by atoms with E-state index in [-0.39, 0.29) is 29.1 Å². The predicted octanol–water partition coefficient (Wildman–Crippen LogP) is 4.32. The first kappa shape index (κ1) is 18.6. The van der Waals surface area contributed by atoms with Crippen LogP contribution in [0, 0.1) is 5.82 Å². The Morgan fingerprint density at radius 3 is 2.50 bits per heavy atom. The van der Waals surface area contributed by atoms with Crippen molar-refractivity contribution in [2.45, 2.75) is 17.5 Å². The second-order valence-electron chi connectivity index (χ2n) is 5.99. The zero-order valence-electron chi connectivity index (χ0n) is 14.5. The quantitative estimate of drug-likeness (QED) is 0.361. The Balaban J connectivity index is 1.78. The van der Waals surface area contributed by atoms with Crippen LogP contribution in [0.25, 0.3) is 11.2 Å². The van der Waals surface area contributed by atoms with Crippen LogP contribution in [-0.4, -0.2) is 19.5 Å². The lowest BCUT2D eigenvalue weighted by atomic mass is 10.2. The summed E-state index contributed by atoms with van der Waals surface area (Å²) in [5, 5.41) is 0.986. The van der Waals surface area contributed by atoms with Gasteiger partial charge in [0.15, 0.2) is 16.3 Å². The SMILES string of the molecule is O=c1c2nccnc2nc(SCc2ccccc2F)n1Cc1ccccc1Cl. The van der Waals surface area contributed by atoms with E-state index < -0.39 is 0 Å². The summed E-state index contributed by atoms with van der Waals surface area (Å²) >= 11 is 7.54. The van der Waals surface area contributed by atoms with Gasteiger partial charge in [0.05, 0.1) is 6.54 Å². The minimum absolute atomic E-state index is 0.185. The number of halogens is 2. The molecule has 28 heavy (non-hydrogen) atoms. The summed E-state index contributed by atoms with van der Waals surface area (Å²) in [7, 11) is 0. The molecule has 0 aliphatic carbocycles. The lowest BCUT2D eigenvalue weighted by Crippen LogP contribution is -2.25. The predicted molar refractivity (Wildman–Crippen MR) is 108 cm³/mol. The first-order valence-corrected chi connectivity index (χ1v) is 9.81. The summed E-state index contributed by atoms with van der Waals surface area (Å²) in [6.07, 6.45) is 2.94. The molecule has 0 N–H and O–H groups in total. The average Bonchev–Trinajstić information content (AvgIpc) is 2.71. The third-order valence-electron chi connectivity index (χ3n) is 4.16. The van der Waals surface area contributed by atoms with Crippen molar-refractivity contribution in [2.24, 2.45) is 0 Å². The fourth-order valence-corrected chi connectivity index (χ4v) is 3.90. The molecule has 0 aliphatic rings. The van der Waals surface area contributed by atoms with Crippen molar-refractivity contribution >= 4 is 34.5 Å². The number of hydrogen-bond acceptors (Lipinski definition) is 5. The zero-order valence-corrected chi connectivity index (χ0v) is 16.1. The highest BCUT2D eigenvalue weighted by atomic mass is 35.5. The Hall–Kier alpha value is -2.77. The van der Waals surface area contributed by atoms with Crippen molar-refractivity contribution in [3.8, 4) is 0 Å². The topological polar surface area (TPSA) is 60.7 Å². The van der Waals surface area contributed by atoms with Gasteiger partial charge in [0.25, 0.3) is 5.56 Å². The highest BCUT2D eigenvalue weighted by Crippen LogP contribution is 2.24. The Labute approximate surface area is 169 Å². The molecular weight excluding hydrogens is 399 g/mol. The van der Waals surface area contributed by atoms with Crippen LogP contribution in [0.15, 0.2) is 70.9 Å². The molecule has 0 atom stereocenters. The molecule has 2 aromatic carbocycles. The number of rotatable bonds is 5. The summed E-state index contributed by atoms with van der Waals surface area (Å²) in [6, 6.07) is 13.8. The summed E-state index contributed by atoms with van der Waals surface area (Å²) in [5.74, 6) is 0.0310. The Bertz CT molecular complexity index is 1210. The van der Waals surface area contributed by atoms with Crippen LogP contribution in [0.2, 0.25) is 5.02 Å². The van der Waals surface area contributed by atoms with Crippen molar-refractivity contribution in [1.82, 2.24) is 19.5 Å². The van der Waals surface area contributed by atoms with E-state index in [4.69, 9.17) is 11.6 Å². The normalized spacial score (nSPS) is 11.1. The van der Waals surface area contributed by atoms with Gasteiger partial charge in [0.2, 0.25) is 0 Å². The van der Waals surface area contributed by atoms with Crippen molar-refractivity contribution in [2.75, 3.05) is 0 Å². The molecule has 0 radical (unpaired) electrons. The first-order valence-electron chi connectivity index (χ1n) is 8.44. The van der Waals surface area contributed by atoms with Gasteiger partial charge in [-0.1, -0.05) is 59.8 Å². The third kappa shape index (κ3) is 3.76. The molecule has 0 saturated heterocycles. The molecule has 0 aliphatic heterocycles. The maximum atomic E-state index is 14.0. The van der Waals surface area contributed by atoms with Crippen molar-refractivity contribution in [3.63, 3.8) is 0 Å². The number of fused-ring (bicyclic) bond motifs is 1. The molecule has 0 unspecified atom stereocenters. The van der Waals surface area contributed by atoms with Gasteiger partial charge >= 0.3 is 0 Å². The second kappa shape index (κ2) is 8.08. The lowest BCUT2D eigenvalue weighted by Gasteiger charge is -2.13. The van der Waals surface area contributed by atoms with Crippen LogP contribution in [-0.2, 0) is 12.3 Å². The third-order valence-corrected chi connectivity index (χ3v) is 5.55. The molecule has 2 heterocycles. The van der Waals surface area contributed by atoms with Crippen LogP contribution in [0.4, 0.5) is 4.39 Å². The number of thioether (sulfide) groups is 1. The smallest absolute Gasteiger partial charge is 0.281 e. The highest BCUT2D eigenvalue weighted by molar-refractivity contribution is 7.98. The summed E-state index contributed by atoms with van der Waals surface area (Å²) < 4.78 is 15.5. The van der Waals surface area contributed by atoms with Gasteiger partial charge in [-0.2, -0.15) is 0 Å². The molecule has 2 aromatic heterocycles. The minimum Gasteiger partial charge on any atom is -0.281 e. The molecule has 140 valence electrons. The van der Waals surface area contributed by atoms with E-state index in [0.29, 0.717) is 21.5 Å². The van der Waals surface area contributed by atoms with E-state index >= 15 is 0 Å². The molecule has 5 nitrogen and oxygen atoms in total. The molecule has 0 fully saturated rings. The molecule has 0 saturated carbocycles. The van der Waals surface area contributed by atoms with Gasteiger partial charge in [0.1, 0.15) is 5.82 Å². The summed E-state index contributed by atoms with van der Waals surface area (Å²) in [6.45, 7) is 0.234. The molecule has 8 heteroatoms. The second-order valence-corrected chi connectivity index (χ2v) is 7.34. The van der Waals surface area contributed by atoms with Crippen LogP contribution < -0.4 is 5.56 Å². The monoisotopic (exact) mass is 412 g/mol. The van der Waals surface area contributed by atoms with Gasteiger partial charge in [-0.25, -0.2) is 19.3 Å². The van der Waals surface area contributed by atoms with Crippen LogP contribution in [0.3, 0.4) is 0 Å². The van der Waals surface area contributed by atoms with Gasteiger partial charge in [-0.05, 0) is 23.3 Å². The number of benzene rings is 2. The fourth-order valence-electron chi connectivity index (χ4n) is 2.73. The number of hydrogen-bond donors (Lipinski definition) is 0. The molecule has 0 amide bonds. The molecule has 4 rings (SSSR count). The highest BCUT2D eigenvalue weighted by Gasteiger charge is 2.15. The van der Waals surface area contributed by atoms with Crippen LogP contribution in [0.1, 0.15) is 11.1 Å². The Morgan fingerprint density at radius 2 is 1.71 bits per heavy atom. The lowest BCUT2D eigenvalue weighted by molar-refractivity contribution is 0.616. The van der Waals surface area contributed by atoms with Gasteiger partial charge < -0.3 is 0 Å².